The molecule has 0 fully saturated rings. The Hall–Kier alpha value is -2.70. The Kier molecular flexibility index (Phi) is 3.30. The van der Waals surface area contributed by atoms with Crippen molar-refractivity contribution in [2.24, 2.45) is 0 Å². The fourth-order valence-corrected chi connectivity index (χ4v) is 2.64. The second-order valence-corrected chi connectivity index (χ2v) is 6.64. The molecule has 0 saturated carbocycles. The van der Waals surface area contributed by atoms with E-state index in [-0.39, 0.29) is 23.2 Å². The molecule has 0 aliphatic carbocycles. The summed E-state index contributed by atoms with van der Waals surface area (Å²) in [4.78, 5) is 16.4. The van der Waals surface area contributed by atoms with Crippen molar-refractivity contribution in [3.63, 3.8) is 0 Å². The number of hydrogen-bond acceptors (Lipinski definition) is 5. The van der Waals surface area contributed by atoms with Gasteiger partial charge in [0.1, 0.15) is 0 Å². The van der Waals surface area contributed by atoms with E-state index in [1.165, 1.54) is 6.92 Å². The van der Waals surface area contributed by atoms with Crippen molar-refractivity contribution in [1.82, 2.24) is 4.98 Å². The van der Waals surface area contributed by atoms with Gasteiger partial charge in [0, 0.05) is 16.5 Å². The van der Waals surface area contributed by atoms with Gasteiger partial charge in [-0.2, -0.15) is 0 Å². The van der Waals surface area contributed by atoms with E-state index in [1.54, 1.807) is 0 Å². The fraction of sp³-hybridized carbons (Fsp3) is 0.304. The highest BCUT2D eigenvalue weighted by Crippen LogP contribution is 2.21. The smallest absolute Gasteiger partial charge is 0.230 e. The van der Waals surface area contributed by atoms with E-state index in [1.807, 2.05) is 5.32 Å². The minimum atomic E-state index is -2.94. The van der Waals surface area contributed by atoms with Crippen LogP contribution < -0.4 is 11.1 Å². The van der Waals surface area contributed by atoms with Crippen LogP contribution in [0.4, 0.5) is 10.8 Å². The summed E-state index contributed by atoms with van der Waals surface area (Å²) < 4.78 is 114. The van der Waals surface area contributed by atoms with Gasteiger partial charge < -0.3 is 16.2 Å². The number of nitrogen functional groups attached to an aromatic ring is 1. The quantitative estimate of drug-likeness (QED) is 0.467. The molecule has 6 heteroatoms. The Bertz CT molecular complexity index is 1550. The maximum atomic E-state index is 12.8. The van der Waals surface area contributed by atoms with E-state index >= 15 is 0 Å². The van der Waals surface area contributed by atoms with Gasteiger partial charge in [-0.15, -0.1) is 11.3 Å². The summed E-state index contributed by atoms with van der Waals surface area (Å²) >= 11 is 0.621. The molecule has 0 radical (unpaired) electrons. The number of nitrogens with zero attached hydrogens (tertiary/aromatic N) is 1. The number of anilines is 2. The molecule has 0 aliphatic heterocycles. The third-order valence-electron chi connectivity index (χ3n) is 3.50. The molecule has 0 bridgehead atoms. The van der Waals surface area contributed by atoms with E-state index in [0.29, 0.717) is 11.3 Å². The largest absolute Gasteiger partial charge is 0.388 e. The molecule has 1 amide bonds. The average Bonchev–Trinajstić information content (AvgIpc) is 3.25. The number of aromatic nitrogens is 1. The molecule has 0 saturated heterocycles. The number of thiazole rings is 1. The summed E-state index contributed by atoms with van der Waals surface area (Å²) in [6, 6.07) is -5.62. The maximum absolute atomic E-state index is 12.8. The lowest BCUT2D eigenvalue weighted by Crippen LogP contribution is -2.14. The highest BCUT2D eigenvalue weighted by molar-refractivity contribution is 7.13. The number of benzene rings is 2. The number of rotatable bonds is 9. The number of carbonyl (C=O) groups excluding carboxylic acids is 1. The molecule has 29 heavy (non-hydrogen) atoms. The lowest BCUT2D eigenvalue weighted by molar-refractivity contribution is -0.115. The van der Waals surface area contributed by atoms with E-state index < -0.39 is 108 Å². The molecule has 3 rings (SSSR count). The Morgan fingerprint density at radius 3 is 2.86 bits per heavy atom. The second kappa shape index (κ2) is 10.2. The van der Waals surface area contributed by atoms with Crippen LogP contribution in [-0.4, -0.2) is 16.0 Å². The van der Waals surface area contributed by atoms with Crippen LogP contribution >= 0.6 is 11.3 Å². The summed E-state index contributed by atoms with van der Waals surface area (Å²) in [5.41, 5.74) is 2.91. The third kappa shape index (κ3) is 6.69. The van der Waals surface area contributed by atoms with Gasteiger partial charge in [0.15, 0.2) is 5.13 Å². The summed E-state index contributed by atoms with van der Waals surface area (Å²) in [5, 5.41) is 12.2. The van der Waals surface area contributed by atoms with Gasteiger partial charge in [-0.25, -0.2) is 4.98 Å². The summed E-state index contributed by atoms with van der Waals surface area (Å²) in [7, 11) is 0. The molecule has 152 valence electrons. The average molecular weight is 424 g/mol. The van der Waals surface area contributed by atoms with Gasteiger partial charge in [-0.1, -0.05) is 48.2 Å². The van der Waals surface area contributed by atoms with Crippen molar-refractivity contribution in [3.05, 3.63) is 76.1 Å². The van der Waals surface area contributed by atoms with Gasteiger partial charge in [0.25, 0.3) is 0 Å². The van der Waals surface area contributed by atoms with Crippen molar-refractivity contribution >= 4 is 28.1 Å². The molecular weight excluding hydrogens is 382 g/mol. The first-order valence-electron chi connectivity index (χ1n) is 15.5. The highest BCUT2D eigenvalue weighted by Gasteiger charge is 2.08. The fourth-order valence-electron chi connectivity index (χ4n) is 2.20. The number of amides is 1. The van der Waals surface area contributed by atoms with Crippen LogP contribution in [0.1, 0.15) is 66.9 Å². The summed E-state index contributed by atoms with van der Waals surface area (Å²) in [6.45, 7) is 1.34. The molecule has 0 unspecified atom stereocenters. The van der Waals surface area contributed by atoms with Gasteiger partial charge >= 0.3 is 0 Å². The minimum Gasteiger partial charge on any atom is -0.388 e. The Balaban J connectivity index is 1.89. The zero-order valence-electron chi connectivity index (χ0n) is 29.4. The van der Waals surface area contributed by atoms with Crippen LogP contribution in [0.3, 0.4) is 0 Å². The van der Waals surface area contributed by atoms with Crippen LogP contribution in [0, 0.1) is 6.92 Å². The third-order valence-corrected chi connectivity index (χ3v) is 4.10. The topological polar surface area (TPSA) is 88.2 Å². The first-order chi connectivity index (χ1) is 19.6. The molecular formula is C23H27N3O2S. The second-order valence-electron chi connectivity index (χ2n) is 5.81. The minimum absolute atomic E-state index is 0.0169. The SMILES string of the molecule is [2H]c1sc(N)nc1C([2H])([2H])C(=O)Nc1c([2H])c([2H])c(C([2H])([2H])CCC[C@]([2H])(O)c2c([2H])c([2H])c([2H])c(C)c2[2H])c([2H])c1[2H]. The number of hydrogen-bond donors (Lipinski definition) is 3. The van der Waals surface area contributed by atoms with Crippen LogP contribution in [0.15, 0.2) is 53.7 Å². The predicted molar refractivity (Wildman–Crippen MR) is 119 cm³/mol. The van der Waals surface area contributed by atoms with Crippen molar-refractivity contribution in [2.45, 2.75) is 45.0 Å². The number of nitrogens with one attached hydrogen (secondary N) is 1. The molecule has 0 spiro atoms. The zero-order chi connectivity index (χ0) is 33.0. The van der Waals surface area contributed by atoms with Crippen molar-refractivity contribution in [1.29, 1.82) is 0 Å². The highest BCUT2D eigenvalue weighted by atomic mass is 32.1. The van der Waals surface area contributed by atoms with Crippen LogP contribution in [0.25, 0.3) is 0 Å². The summed E-state index contributed by atoms with van der Waals surface area (Å²) in [5.74, 6) is -1.45. The number of aliphatic hydroxyl groups is 1. The van der Waals surface area contributed by atoms with Crippen LogP contribution in [0.2, 0.25) is 0 Å². The zero-order valence-corrected chi connectivity index (χ0v) is 16.2. The van der Waals surface area contributed by atoms with E-state index in [9.17, 15) is 9.90 Å². The summed E-state index contributed by atoms with van der Waals surface area (Å²) in [6.07, 6.45) is -9.49. The number of carbonyl (C=O) groups is 1. The first-order valence-corrected chi connectivity index (χ1v) is 9.35. The Labute approximate surface area is 195 Å². The lowest BCUT2D eigenvalue weighted by Gasteiger charge is -2.11. The van der Waals surface area contributed by atoms with Crippen molar-refractivity contribution < 1.29 is 29.1 Å². The molecule has 4 N–H and O–H groups in total. The monoisotopic (exact) mass is 423 g/mol. The van der Waals surface area contributed by atoms with Gasteiger partial charge in [-0.05, 0) is 49.4 Å². The van der Waals surface area contributed by atoms with E-state index in [2.05, 4.69) is 4.98 Å². The maximum Gasteiger partial charge on any atom is 0.230 e. The van der Waals surface area contributed by atoms with Gasteiger partial charge in [-0.3, -0.25) is 4.79 Å². The van der Waals surface area contributed by atoms with Crippen LogP contribution in [0.5, 0.6) is 0 Å². The molecule has 0 aliphatic rings. The molecule has 1 atom stereocenters. The van der Waals surface area contributed by atoms with Gasteiger partial charge in [0.05, 0.1) is 31.9 Å². The molecule has 2 aromatic carbocycles. The molecule has 1 heterocycles. The van der Waals surface area contributed by atoms with Crippen LogP contribution in [-0.2, 0) is 17.5 Å². The number of nitrogens with two attached hydrogens (primary N) is 1. The Morgan fingerprint density at radius 2 is 2.14 bits per heavy atom. The lowest BCUT2D eigenvalue weighted by atomic mass is 10.00. The van der Waals surface area contributed by atoms with Crippen molar-refractivity contribution in [3.8, 4) is 0 Å². The molecule has 3 aromatic rings. The standard InChI is InChI=1S/C23H27N3O2S/c1-16-5-4-7-18(13-16)21(27)8-3-2-6-17-9-11-19(12-10-17)25-22(28)14-20-15-29-23(24)26-20/h4-5,7,9-13,15,21,27H,2-3,6,8,14H2,1H3,(H2,24,26)(H,25,28)/t21-/m0/s1/i4D,5D,6D2,7D,9D,10D,11D,12D,13D,14D2,15D,21D. The molecule has 5 nitrogen and oxygen atoms in total. The predicted octanol–water partition coefficient (Wildman–Crippen LogP) is 4.66. The van der Waals surface area contributed by atoms with E-state index in [4.69, 9.17) is 24.9 Å². The normalized spacial score (nSPS) is 20.9. The molecule has 1 aromatic heterocycles. The van der Waals surface area contributed by atoms with Gasteiger partial charge in [0.2, 0.25) is 5.91 Å². The Morgan fingerprint density at radius 1 is 1.34 bits per heavy atom. The van der Waals surface area contributed by atoms with E-state index in [0.717, 1.165) is 0 Å². The first kappa shape index (κ1) is 9.41. The van der Waals surface area contributed by atoms with Crippen molar-refractivity contribution in [2.75, 3.05) is 11.1 Å².